The van der Waals surface area contributed by atoms with Gasteiger partial charge in [-0.2, -0.15) is 0 Å². The van der Waals surface area contributed by atoms with Crippen LogP contribution < -0.4 is 0 Å². The summed E-state index contributed by atoms with van der Waals surface area (Å²) >= 11 is 1.57. The van der Waals surface area contributed by atoms with Gasteiger partial charge >= 0.3 is 0 Å². The van der Waals surface area contributed by atoms with Crippen molar-refractivity contribution in [1.29, 1.82) is 0 Å². The number of rotatable bonds is 4. The number of nitrogens with zero attached hydrogens (tertiary/aromatic N) is 2. The maximum Gasteiger partial charge on any atom is 0.0993 e. The fourth-order valence-electron chi connectivity index (χ4n) is 1.70. The predicted molar refractivity (Wildman–Crippen MR) is 81.1 cm³/mol. The van der Waals surface area contributed by atoms with Crippen molar-refractivity contribution in [1.82, 2.24) is 4.98 Å². The van der Waals surface area contributed by atoms with Crippen molar-refractivity contribution in [3.8, 4) is 0 Å². The number of aliphatic imine (C=N–C) groups is 2. The van der Waals surface area contributed by atoms with Gasteiger partial charge in [-0.3, -0.25) is 9.98 Å². The summed E-state index contributed by atoms with van der Waals surface area (Å²) in [5.41, 5.74) is 6.11. The number of aromatic nitrogens is 1. The zero-order valence-corrected chi connectivity index (χ0v) is 11.3. The quantitative estimate of drug-likeness (QED) is 0.788. The summed E-state index contributed by atoms with van der Waals surface area (Å²) in [6.45, 7) is 11.5. The number of thiophene rings is 1. The Morgan fingerprint density at radius 3 is 2.44 bits per heavy atom. The highest BCUT2D eigenvalue weighted by Crippen LogP contribution is 2.31. The van der Waals surface area contributed by atoms with Gasteiger partial charge in [0.15, 0.2) is 0 Å². The van der Waals surface area contributed by atoms with Crippen LogP contribution in [0.4, 0.5) is 11.4 Å². The Morgan fingerprint density at radius 1 is 1.17 bits per heavy atom. The van der Waals surface area contributed by atoms with E-state index in [1.807, 2.05) is 23.1 Å². The first kappa shape index (κ1) is 12.5. The van der Waals surface area contributed by atoms with E-state index in [1.165, 1.54) is 11.1 Å². The van der Waals surface area contributed by atoms with E-state index < -0.39 is 0 Å². The van der Waals surface area contributed by atoms with Gasteiger partial charge in [0, 0.05) is 16.5 Å². The van der Waals surface area contributed by atoms with E-state index in [9.17, 15) is 0 Å². The van der Waals surface area contributed by atoms with E-state index in [0.717, 1.165) is 22.8 Å². The largest absolute Gasteiger partial charge is 0.354 e. The lowest BCUT2D eigenvalue weighted by molar-refractivity contribution is 1.32. The summed E-state index contributed by atoms with van der Waals surface area (Å²) in [6, 6.07) is 0. The molecular formula is C14H15N3S. The lowest BCUT2D eigenvalue weighted by atomic mass is 10.1. The molecule has 0 bridgehead atoms. The molecule has 0 saturated heterocycles. The number of hydrogen-bond donors (Lipinski definition) is 1. The fourth-order valence-corrected chi connectivity index (χ4v) is 2.41. The van der Waals surface area contributed by atoms with Crippen LogP contribution >= 0.6 is 11.3 Å². The van der Waals surface area contributed by atoms with Crippen LogP contribution in [-0.4, -0.2) is 17.9 Å². The van der Waals surface area contributed by atoms with Crippen molar-refractivity contribution >= 4 is 41.7 Å². The summed E-state index contributed by atoms with van der Waals surface area (Å²) in [4.78, 5) is 11.7. The summed E-state index contributed by atoms with van der Waals surface area (Å²) in [5, 5.41) is 3.89. The molecule has 2 heterocycles. The molecule has 0 aliphatic rings. The minimum atomic E-state index is 0.820. The summed E-state index contributed by atoms with van der Waals surface area (Å²) in [5.74, 6) is 0. The smallest absolute Gasteiger partial charge is 0.0993 e. The van der Waals surface area contributed by atoms with Gasteiger partial charge in [0.1, 0.15) is 0 Å². The Labute approximate surface area is 111 Å². The molecule has 0 fully saturated rings. The summed E-state index contributed by atoms with van der Waals surface area (Å²) < 4.78 is 0. The maximum atomic E-state index is 4.44. The lowest BCUT2D eigenvalue weighted by Gasteiger charge is -1.93. The molecule has 0 radical (unpaired) electrons. The highest BCUT2D eigenvalue weighted by atomic mass is 32.1. The minimum absolute atomic E-state index is 0.820. The van der Waals surface area contributed by atoms with Crippen molar-refractivity contribution in [3.05, 3.63) is 39.9 Å². The van der Waals surface area contributed by atoms with E-state index in [-0.39, 0.29) is 0 Å². The second-order valence-corrected chi connectivity index (χ2v) is 4.71. The SMILES string of the molecule is C=Cc1[nH]c(C=Nc2cscc2N=C)c(C)c1C. The molecule has 0 atom stereocenters. The van der Waals surface area contributed by atoms with Gasteiger partial charge in [0.25, 0.3) is 0 Å². The molecular weight excluding hydrogens is 242 g/mol. The molecule has 2 aromatic rings. The van der Waals surface area contributed by atoms with Crippen LogP contribution in [-0.2, 0) is 0 Å². The highest BCUT2D eigenvalue weighted by molar-refractivity contribution is 7.08. The van der Waals surface area contributed by atoms with Gasteiger partial charge < -0.3 is 4.98 Å². The molecule has 0 spiro atoms. The highest BCUT2D eigenvalue weighted by Gasteiger charge is 2.06. The Balaban J connectivity index is 2.34. The van der Waals surface area contributed by atoms with Gasteiger partial charge in [-0.15, -0.1) is 11.3 Å². The fraction of sp³-hybridized carbons (Fsp3) is 0.143. The summed E-state index contributed by atoms with van der Waals surface area (Å²) in [6.07, 6.45) is 3.65. The zero-order valence-electron chi connectivity index (χ0n) is 10.5. The van der Waals surface area contributed by atoms with Crippen LogP contribution in [0.1, 0.15) is 22.5 Å². The molecule has 2 rings (SSSR count). The van der Waals surface area contributed by atoms with E-state index in [1.54, 1.807) is 11.3 Å². The van der Waals surface area contributed by atoms with E-state index in [4.69, 9.17) is 0 Å². The Kier molecular flexibility index (Phi) is 3.58. The first-order valence-corrected chi connectivity index (χ1v) is 6.50. The van der Waals surface area contributed by atoms with Gasteiger partial charge in [0.2, 0.25) is 0 Å². The first-order chi connectivity index (χ1) is 8.67. The number of nitrogens with one attached hydrogen (secondary N) is 1. The molecule has 1 N–H and O–H groups in total. The topological polar surface area (TPSA) is 40.5 Å². The van der Waals surface area contributed by atoms with E-state index >= 15 is 0 Å². The molecule has 18 heavy (non-hydrogen) atoms. The van der Waals surface area contributed by atoms with Crippen LogP contribution in [0.25, 0.3) is 6.08 Å². The van der Waals surface area contributed by atoms with Crippen LogP contribution in [0.2, 0.25) is 0 Å². The molecule has 0 aromatic carbocycles. The average Bonchev–Trinajstić information content (AvgIpc) is 2.94. The second-order valence-electron chi connectivity index (χ2n) is 3.97. The van der Waals surface area contributed by atoms with Crippen LogP contribution in [0.5, 0.6) is 0 Å². The van der Waals surface area contributed by atoms with Crippen LogP contribution in [0.3, 0.4) is 0 Å². The number of aromatic amines is 1. The second kappa shape index (κ2) is 5.14. The molecule has 2 aromatic heterocycles. The summed E-state index contributed by atoms with van der Waals surface area (Å²) in [7, 11) is 0. The monoisotopic (exact) mass is 257 g/mol. The zero-order chi connectivity index (χ0) is 13.1. The van der Waals surface area contributed by atoms with Crippen molar-refractivity contribution < 1.29 is 0 Å². The number of hydrogen-bond acceptors (Lipinski definition) is 3. The normalized spacial score (nSPS) is 11.0. The molecule has 0 aliphatic carbocycles. The van der Waals surface area contributed by atoms with Crippen molar-refractivity contribution in [3.63, 3.8) is 0 Å². The Bertz CT molecular complexity index is 617. The molecule has 0 unspecified atom stereocenters. The van der Waals surface area contributed by atoms with E-state index in [0.29, 0.717) is 0 Å². The Morgan fingerprint density at radius 2 is 1.83 bits per heavy atom. The number of H-pyrrole nitrogens is 1. The Hall–Kier alpha value is -1.94. The molecule has 0 aliphatic heterocycles. The minimum Gasteiger partial charge on any atom is -0.354 e. The van der Waals surface area contributed by atoms with E-state index in [2.05, 4.69) is 42.1 Å². The molecule has 92 valence electrons. The van der Waals surface area contributed by atoms with Crippen LogP contribution in [0.15, 0.2) is 27.3 Å². The third kappa shape index (κ3) is 2.19. The van der Waals surface area contributed by atoms with Crippen molar-refractivity contribution in [2.75, 3.05) is 0 Å². The molecule has 4 heteroatoms. The standard InChI is InChI=1S/C14H15N3S/c1-5-11-9(2)10(3)12(17-11)6-16-14-8-18-7-13(14)15-4/h5-8,17H,1,4H2,2-3H3. The van der Waals surface area contributed by atoms with Gasteiger partial charge in [0.05, 0.1) is 23.3 Å². The molecule has 0 amide bonds. The first-order valence-electron chi connectivity index (χ1n) is 5.56. The predicted octanol–water partition coefficient (Wildman–Crippen LogP) is 4.42. The molecule has 0 saturated carbocycles. The third-order valence-electron chi connectivity index (χ3n) is 2.97. The van der Waals surface area contributed by atoms with Crippen molar-refractivity contribution in [2.45, 2.75) is 13.8 Å². The third-order valence-corrected chi connectivity index (χ3v) is 3.69. The molecule has 3 nitrogen and oxygen atoms in total. The maximum absolute atomic E-state index is 4.44. The van der Waals surface area contributed by atoms with Crippen LogP contribution in [0, 0.1) is 13.8 Å². The van der Waals surface area contributed by atoms with Crippen molar-refractivity contribution in [2.24, 2.45) is 9.98 Å². The average molecular weight is 257 g/mol. The van der Waals surface area contributed by atoms with Gasteiger partial charge in [-0.05, 0) is 37.8 Å². The lowest BCUT2D eigenvalue weighted by Crippen LogP contribution is -1.83. The van der Waals surface area contributed by atoms with Gasteiger partial charge in [-0.25, -0.2) is 0 Å². The van der Waals surface area contributed by atoms with Gasteiger partial charge in [-0.1, -0.05) is 6.58 Å².